The summed E-state index contributed by atoms with van der Waals surface area (Å²) in [4.78, 5) is 110. The number of benzene rings is 2. The Morgan fingerprint density at radius 3 is 1.80 bits per heavy atom. The van der Waals surface area contributed by atoms with Crippen molar-refractivity contribution in [2.45, 2.75) is 187 Å². The van der Waals surface area contributed by atoms with Gasteiger partial charge < -0.3 is 67.6 Å². The Hall–Kier alpha value is -6.00. The highest BCUT2D eigenvalue weighted by Gasteiger charge is 2.50. The van der Waals surface area contributed by atoms with E-state index >= 15 is 0 Å². The number of amides is 5. The lowest BCUT2D eigenvalue weighted by Crippen LogP contribution is -2.60. The number of rotatable bonds is 24. The maximum Gasteiger partial charge on any atom is 0.243 e. The molecular formula is C55H81N7O14. The van der Waals surface area contributed by atoms with Crippen LogP contribution in [0.4, 0.5) is 0 Å². The highest BCUT2D eigenvalue weighted by atomic mass is 16.7. The minimum Gasteiger partial charge on any atom is -0.507 e. The van der Waals surface area contributed by atoms with Gasteiger partial charge in [-0.1, -0.05) is 60.6 Å². The van der Waals surface area contributed by atoms with Crippen LogP contribution in [-0.2, 0) is 44.7 Å². The van der Waals surface area contributed by atoms with Crippen LogP contribution in [0.5, 0.6) is 17.2 Å². The lowest BCUT2D eigenvalue weighted by atomic mass is 9.72. The molecule has 0 spiro atoms. The van der Waals surface area contributed by atoms with Gasteiger partial charge in [0.15, 0.2) is 17.9 Å². The molecule has 21 nitrogen and oxygen atoms in total. The number of ether oxygens (including phenoxy) is 3. The summed E-state index contributed by atoms with van der Waals surface area (Å²) in [6.45, 7) is 17.9. The van der Waals surface area contributed by atoms with Gasteiger partial charge in [-0.25, -0.2) is 0 Å². The number of ketones is 3. The molecule has 2 aromatic rings. The minimum atomic E-state index is -2.15. The summed E-state index contributed by atoms with van der Waals surface area (Å²) in [5.74, 6) is -7.04. The van der Waals surface area contributed by atoms with Crippen LogP contribution in [0.3, 0.4) is 0 Å². The molecule has 1 fully saturated rings. The second-order valence-corrected chi connectivity index (χ2v) is 22.2. The molecule has 1 heterocycles. The molecule has 0 radical (unpaired) electrons. The standard InChI is InChI=1S/C55H81N7O14/c1-25(2)19-36(60-50(68)29(8)57)52(70)58-34(16-12-13-18-56)51(69)61-38(21-27(5)6)54(72)62-37(20-26(3)4)53(71)59-35-22-41(75-30(9)28(35)7)76-40-24-55(73,31(10)63)23-33-43(40)49(67)45-44(47(33)65)46(64)32-15-14-17-39(74-11)42(32)48(45)66/h14-15,17,25-30,34-38,40-41,65,67,73H,12-13,16,18-24,56-57H2,1-11H3,(H,58,70)(H,59,71)(H,60,68)(H,61,69)(H,62,72)/t28-,29?,30+,34?,35+,36?,37?,38?,40?,41?,55+/m1/s1. The van der Waals surface area contributed by atoms with E-state index in [4.69, 9.17) is 25.7 Å². The third-order valence-electron chi connectivity index (χ3n) is 14.6. The van der Waals surface area contributed by atoms with E-state index in [0.717, 1.165) is 6.92 Å². The average molecular weight is 1060 g/mol. The first kappa shape index (κ1) is 60.9. The first-order chi connectivity index (χ1) is 35.6. The first-order valence-corrected chi connectivity index (χ1v) is 26.5. The van der Waals surface area contributed by atoms with E-state index in [0.29, 0.717) is 19.4 Å². The number of aromatic hydroxyl groups is 2. The molecule has 11 atom stereocenters. The van der Waals surface area contributed by atoms with Gasteiger partial charge in [0.2, 0.25) is 35.3 Å². The second-order valence-electron chi connectivity index (χ2n) is 22.2. The fourth-order valence-corrected chi connectivity index (χ4v) is 10.2. The molecule has 1 aliphatic heterocycles. The molecule has 2 aromatic carbocycles. The topological polar surface area (TPSA) is 337 Å². The summed E-state index contributed by atoms with van der Waals surface area (Å²) in [7, 11) is 1.32. The highest BCUT2D eigenvalue weighted by molar-refractivity contribution is 6.31. The van der Waals surface area contributed by atoms with Crippen molar-refractivity contribution in [3.8, 4) is 17.2 Å². The van der Waals surface area contributed by atoms with Gasteiger partial charge in [0.25, 0.3) is 0 Å². The number of phenolic OH excluding ortho intramolecular Hbond substituents is 2. The molecular weight excluding hydrogens is 983 g/mol. The Kier molecular flexibility index (Phi) is 20.7. The van der Waals surface area contributed by atoms with E-state index in [1.54, 1.807) is 6.92 Å². The molecule has 420 valence electrons. The zero-order valence-corrected chi connectivity index (χ0v) is 45.8. The van der Waals surface area contributed by atoms with Gasteiger partial charge in [0.1, 0.15) is 47.0 Å². The van der Waals surface area contributed by atoms with Crippen molar-refractivity contribution >= 4 is 46.9 Å². The molecule has 3 aliphatic rings. The molecule has 5 rings (SSSR count). The SMILES string of the molecule is COc1cccc2c1C(=O)c1c(O)c3c(c(O)c1C2=O)C[C@@](O)(C(C)=O)CC3OC1C[C@H](NC(=O)C(CC(C)C)NC(=O)C(CC(C)C)NC(=O)C(CCCCN)NC(=O)C(CC(C)C)NC(=O)C(C)N)[C@H](C)[C@H](C)O1. The smallest absolute Gasteiger partial charge is 0.243 e. The van der Waals surface area contributed by atoms with Crippen molar-refractivity contribution in [3.05, 3.63) is 51.6 Å². The first-order valence-electron chi connectivity index (χ1n) is 26.5. The van der Waals surface area contributed by atoms with Gasteiger partial charge in [-0.3, -0.25) is 38.4 Å². The number of aliphatic hydroxyl groups is 1. The van der Waals surface area contributed by atoms with Crippen LogP contribution < -0.4 is 42.8 Å². The van der Waals surface area contributed by atoms with Gasteiger partial charge in [-0.05, 0) is 89.7 Å². The number of hydrogen-bond acceptors (Lipinski definition) is 16. The Morgan fingerprint density at radius 2 is 1.28 bits per heavy atom. The number of carbonyl (C=O) groups is 8. The monoisotopic (exact) mass is 1060 g/mol. The number of nitrogens with one attached hydrogen (secondary N) is 5. The molecule has 2 aliphatic carbocycles. The van der Waals surface area contributed by atoms with E-state index < -0.39 is 143 Å². The summed E-state index contributed by atoms with van der Waals surface area (Å²) in [6.07, 6.45) is -2.26. The fourth-order valence-electron chi connectivity index (χ4n) is 10.2. The molecule has 12 N–H and O–H groups in total. The fraction of sp³-hybridized carbons (Fsp3) is 0.636. The third-order valence-corrected chi connectivity index (χ3v) is 14.6. The summed E-state index contributed by atoms with van der Waals surface area (Å²) in [6, 6.07) is -1.48. The molecule has 1 saturated heterocycles. The number of methoxy groups -OCH3 is 1. The van der Waals surface area contributed by atoms with Crippen LogP contribution in [-0.4, -0.2) is 130 Å². The van der Waals surface area contributed by atoms with Crippen LogP contribution >= 0.6 is 0 Å². The van der Waals surface area contributed by atoms with Crippen molar-refractivity contribution in [1.29, 1.82) is 0 Å². The number of fused-ring (bicyclic) bond motifs is 3. The zero-order chi connectivity index (χ0) is 56.7. The number of hydrogen-bond donors (Lipinski definition) is 10. The molecule has 0 saturated carbocycles. The van der Waals surface area contributed by atoms with E-state index in [2.05, 4.69) is 26.6 Å². The largest absolute Gasteiger partial charge is 0.507 e. The Balaban J connectivity index is 1.39. The predicted molar refractivity (Wildman–Crippen MR) is 280 cm³/mol. The maximum atomic E-state index is 14.5. The zero-order valence-electron chi connectivity index (χ0n) is 45.8. The minimum absolute atomic E-state index is 0.000188. The Bertz CT molecular complexity index is 2510. The van der Waals surface area contributed by atoms with Crippen molar-refractivity contribution in [2.75, 3.05) is 13.7 Å². The number of nitrogens with two attached hydrogens (primary N) is 2. The van der Waals surface area contributed by atoms with Crippen molar-refractivity contribution in [3.63, 3.8) is 0 Å². The van der Waals surface area contributed by atoms with Gasteiger partial charge in [0.05, 0.1) is 42.0 Å². The number of unbranched alkanes of at least 4 members (excludes halogenated alkanes) is 1. The number of phenols is 2. The van der Waals surface area contributed by atoms with Crippen LogP contribution in [0, 0.1) is 23.7 Å². The predicted octanol–water partition coefficient (Wildman–Crippen LogP) is 3.02. The lowest BCUT2D eigenvalue weighted by Gasteiger charge is -2.43. The number of Topliss-reactive ketones (excluding diaryl/α,β-unsaturated/α-hetero) is 1. The van der Waals surface area contributed by atoms with Gasteiger partial charge in [0, 0.05) is 47.9 Å². The van der Waals surface area contributed by atoms with E-state index in [9.17, 15) is 53.7 Å². The lowest BCUT2D eigenvalue weighted by molar-refractivity contribution is -0.238. The molecule has 76 heavy (non-hydrogen) atoms. The van der Waals surface area contributed by atoms with Crippen LogP contribution in [0.1, 0.15) is 170 Å². The van der Waals surface area contributed by atoms with Crippen molar-refractivity contribution in [2.24, 2.45) is 35.1 Å². The number of carbonyl (C=O) groups excluding carboxylic acids is 8. The third kappa shape index (κ3) is 14.1. The second kappa shape index (κ2) is 25.9. The molecule has 21 heteroatoms. The van der Waals surface area contributed by atoms with Gasteiger partial charge in [-0.2, -0.15) is 0 Å². The van der Waals surface area contributed by atoms with E-state index in [1.165, 1.54) is 32.2 Å². The van der Waals surface area contributed by atoms with Crippen LogP contribution in [0.15, 0.2) is 18.2 Å². The average Bonchev–Trinajstić information content (AvgIpc) is 3.34. The summed E-state index contributed by atoms with van der Waals surface area (Å²) < 4.78 is 18.2. The van der Waals surface area contributed by atoms with E-state index in [1.807, 2.05) is 48.5 Å². The van der Waals surface area contributed by atoms with E-state index in [-0.39, 0.29) is 83.8 Å². The normalized spacial score (nSPS) is 23.0. The highest BCUT2D eigenvalue weighted by Crippen LogP contribution is 2.52. The molecule has 5 amide bonds. The van der Waals surface area contributed by atoms with Gasteiger partial charge in [-0.15, -0.1) is 0 Å². The van der Waals surface area contributed by atoms with Crippen molar-refractivity contribution < 1.29 is 67.9 Å². The summed E-state index contributed by atoms with van der Waals surface area (Å²) in [5.41, 5.74) is 7.95. The quantitative estimate of drug-likeness (QED) is 0.0455. The molecule has 7 unspecified atom stereocenters. The molecule has 0 bridgehead atoms. The summed E-state index contributed by atoms with van der Waals surface area (Å²) in [5, 5.41) is 49.9. The van der Waals surface area contributed by atoms with Crippen molar-refractivity contribution in [1.82, 2.24) is 26.6 Å². The van der Waals surface area contributed by atoms with Crippen LogP contribution in [0.25, 0.3) is 0 Å². The molecule has 0 aromatic heterocycles. The summed E-state index contributed by atoms with van der Waals surface area (Å²) >= 11 is 0. The van der Waals surface area contributed by atoms with Gasteiger partial charge >= 0.3 is 0 Å². The maximum absolute atomic E-state index is 14.5. The Labute approximate surface area is 445 Å². The van der Waals surface area contributed by atoms with Crippen LogP contribution in [0.2, 0.25) is 0 Å². The Morgan fingerprint density at radius 1 is 0.750 bits per heavy atom.